The summed E-state index contributed by atoms with van der Waals surface area (Å²) in [4.78, 5) is 27.8. The van der Waals surface area contributed by atoms with Gasteiger partial charge in [-0.05, 0) is 67.4 Å². The van der Waals surface area contributed by atoms with Crippen molar-refractivity contribution in [2.24, 2.45) is 0 Å². The first-order valence-corrected chi connectivity index (χ1v) is 10.1. The zero-order valence-corrected chi connectivity index (χ0v) is 18.0. The molecule has 6 heteroatoms. The highest BCUT2D eigenvalue weighted by atomic mass is 16.5. The molecule has 1 unspecified atom stereocenters. The number of hydrogen-bond donors (Lipinski definition) is 2. The van der Waals surface area contributed by atoms with Crippen molar-refractivity contribution >= 4 is 23.1 Å². The first kappa shape index (κ1) is 21.2. The molecule has 0 bridgehead atoms. The van der Waals surface area contributed by atoms with Crippen LogP contribution in [0.2, 0.25) is 0 Å². The lowest BCUT2D eigenvalue weighted by Gasteiger charge is -2.27. The van der Waals surface area contributed by atoms with E-state index in [1.165, 1.54) is 24.1 Å². The van der Waals surface area contributed by atoms with Crippen LogP contribution in [0.15, 0.2) is 72.3 Å². The van der Waals surface area contributed by atoms with E-state index in [-0.39, 0.29) is 17.1 Å². The zero-order valence-electron chi connectivity index (χ0n) is 18.0. The molecule has 1 atom stereocenters. The average Bonchev–Trinajstić information content (AvgIpc) is 3.04. The molecule has 1 aliphatic heterocycles. The zero-order chi connectivity index (χ0) is 23.0. The Bertz CT molecular complexity index is 1230. The number of phenolic OH excluding ortho intramolecular Hbond substituents is 1. The number of nitrogens with zero attached hydrogens (tertiary/aromatic N) is 1. The number of rotatable bonds is 4. The summed E-state index contributed by atoms with van der Waals surface area (Å²) in [7, 11) is 1.54. The predicted octanol–water partition coefficient (Wildman–Crippen LogP) is 4.64. The van der Waals surface area contributed by atoms with Crippen molar-refractivity contribution in [3.8, 4) is 11.5 Å². The Kier molecular flexibility index (Phi) is 5.45. The number of aliphatic hydroxyl groups is 1. The molecule has 1 saturated heterocycles. The van der Waals surface area contributed by atoms with Gasteiger partial charge < -0.3 is 14.9 Å². The molecule has 0 aromatic heterocycles. The number of methoxy groups -OCH3 is 1. The molecule has 162 valence electrons. The van der Waals surface area contributed by atoms with Gasteiger partial charge in [-0.1, -0.05) is 29.8 Å². The van der Waals surface area contributed by atoms with E-state index >= 15 is 0 Å². The summed E-state index contributed by atoms with van der Waals surface area (Å²) in [5.41, 5.74) is 3.43. The van der Waals surface area contributed by atoms with Crippen LogP contribution in [0.3, 0.4) is 0 Å². The maximum atomic E-state index is 13.2. The molecule has 32 heavy (non-hydrogen) atoms. The van der Waals surface area contributed by atoms with Crippen LogP contribution < -0.4 is 9.64 Å². The second-order valence-corrected chi connectivity index (χ2v) is 7.78. The molecule has 0 radical (unpaired) electrons. The van der Waals surface area contributed by atoms with E-state index < -0.39 is 17.7 Å². The first-order chi connectivity index (χ1) is 15.3. The summed E-state index contributed by atoms with van der Waals surface area (Å²) < 4.78 is 5.16. The maximum Gasteiger partial charge on any atom is 0.300 e. The van der Waals surface area contributed by atoms with E-state index in [1.54, 1.807) is 42.5 Å². The third kappa shape index (κ3) is 3.60. The van der Waals surface area contributed by atoms with E-state index in [4.69, 9.17) is 4.74 Å². The van der Waals surface area contributed by atoms with Crippen molar-refractivity contribution in [3.63, 3.8) is 0 Å². The molecule has 1 amide bonds. The van der Waals surface area contributed by atoms with Gasteiger partial charge >= 0.3 is 0 Å². The smallest absolute Gasteiger partial charge is 0.300 e. The van der Waals surface area contributed by atoms with Crippen LogP contribution in [-0.2, 0) is 9.59 Å². The Hall–Kier alpha value is -4.06. The number of aliphatic hydroxyl groups excluding tert-OH is 1. The number of phenols is 1. The minimum Gasteiger partial charge on any atom is -0.508 e. The molecule has 3 aromatic rings. The second kappa shape index (κ2) is 8.23. The third-order valence-corrected chi connectivity index (χ3v) is 5.63. The lowest BCUT2D eigenvalue weighted by Crippen LogP contribution is -2.30. The van der Waals surface area contributed by atoms with Gasteiger partial charge in [-0.15, -0.1) is 0 Å². The Morgan fingerprint density at radius 3 is 2.19 bits per heavy atom. The molecular formula is C26H23NO5. The third-order valence-electron chi connectivity index (χ3n) is 5.63. The molecule has 1 aliphatic rings. The van der Waals surface area contributed by atoms with E-state index in [0.717, 1.165) is 11.1 Å². The van der Waals surface area contributed by atoms with Crippen LogP contribution in [0.1, 0.15) is 28.3 Å². The van der Waals surface area contributed by atoms with Crippen LogP contribution >= 0.6 is 0 Å². The minimum absolute atomic E-state index is 0.00849. The molecule has 1 heterocycles. The summed E-state index contributed by atoms with van der Waals surface area (Å²) >= 11 is 0. The fourth-order valence-electron chi connectivity index (χ4n) is 4.03. The highest BCUT2D eigenvalue weighted by Gasteiger charge is 2.47. The molecule has 4 rings (SSSR count). The number of carbonyl (C=O) groups excluding carboxylic acids is 2. The van der Waals surface area contributed by atoms with Crippen LogP contribution in [0.25, 0.3) is 5.76 Å². The number of ether oxygens (including phenoxy) is 1. The van der Waals surface area contributed by atoms with Gasteiger partial charge in [-0.2, -0.15) is 0 Å². The maximum absolute atomic E-state index is 13.2. The molecular weight excluding hydrogens is 406 g/mol. The van der Waals surface area contributed by atoms with Crippen molar-refractivity contribution in [2.75, 3.05) is 12.0 Å². The van der Waals surface area contributed by atoms with Crippen molar-refractivity contribution in [3.05, 3.63) is 94.6 Å². The van der Waals surface area contributed by atoms with Crippen LogP contribution in [0.5, 0.6) is 11.5 Å². The number of Topliss-reactive ketones (excluding diaryl/α,β-unsaturated/α-hetero) is 1. The van der Waals surface area contributed by atoms with Crippen molar-refractivity contribution in [2.45, 2.75) is 19.9 Å². The fraction of sp³-hybridized carbons (Fsp3) is 0.154. The normalized spacial score (nSPS) is 17.6. The number of hydrogen-bond acceptors (Lipinski definition) is 5. The van der Waals surface area contributed by atoms with Gasteiger partial charge in [0.25, 0.3) is 11.7 Å². The van der Waals surface area contributed by atoms with Gasteiger partial charge in [0.05, 0.1) is 18.7 Å². The van der Waals surface area contributed by atoms with E-state index in [0.29, 0.717) is 22.6 Å². The molecule has 2 N–H and O–H groups in total. The SMILES string of the molecule is COc1ccc(/C(O)=C2\C(=O)C(=O)N(c3ccc(C)cc3C)C2c2ccc(O)cc2)cc1. The summed E-state index contributed by atoms with van der Waals surface area (Å²) in [6.07, 6.45) is 0. The molecule has 3 aromatic carbocycles. The molecule has 1 fully saturated rings. The van der Waals surface area contributed by atoms with Gasteiger partial charge in [-0.3, -0.25) is 14.5 Å². The number of carbonyl (C=O) groups is 2. The highest BCUT2D eigenvalue weighted by molar-refractivity contribution is 6.51. The Morgan fingerprint density at radius 2 is 1.59 bits per heavy atom. The number of ketones is 1. The molecule has 0 saturated carbocycles. The van der Waals surface area contributed by atoms with Gasteiger partial charge in [-0.25, -0.2) is 0 Å². The minimum atomic E-state index is -0.848. The Labute approximate surface area is 186 Å². The van der Waals surface area contributed by atoms with Crippen molar-refractivity contribution in [1.29, 1.82) is 0 Å². The topological polar surface area (TPSA) is 87.1 Å². The molecule has 0 spiro atoms. The van der Waals surface area contributed by atoms with Crippen molar-refractivity contribution in [1.82, 2.24) is 0 Å². The Morgan fingerprint density at radius 1 is 0.938 bits per heavy atom. The van der Waals surface area contributed by atoms with E-state index in [1.807, 2.05) is 26.0 Å². The van der Waals surface area contributed by atoms with Gasteiger partial charge in [0.1, 0.15) is 17.3 Å². The van der Waals surface area contributed by atoms with Crippen LogP contribution in [0.4, 0.5) is 5.69 Å². The standard InChI is InChI=1S/C26H23NO5/c1-15-4-13-21(16(2)14-15)27-23(17-5-9-19(28)10-6-17)22(25(30)26(27)31)24(29)18-7-11-20(32-3)12-8-18/h4-14,23,28-29H,1-3H3/b24-22+. The molecule has 0 aliphatic carbocycles. The summed E-state index contributed by atoms with van der Waals surface area (Å²) in [6.45, 7) is 3.82. The number of aromatic hydroxyl groups is 1. The second-order valence-electron chi connectivity index (χ2n) is 7.78. The van der Waals surface area contributed by atoms with Gasteiger partial charge in [0.2, 0.25) is 0 Å². The van der Waals surface area contributed by atoms with E-state index in [2.05, 4.69) is 0 Å². The quantitative estimate of drug-likeness (QED) is 0.358. The summed E-state index contributed by atoms with van der Waals surface area (Å²) in [5.74, 6) is -1.09. The Balaban J connectivity index is 1.94. The van der Waals surface area contributed by atoms with Crippen LogP contribution in [0, 0.1) is 13.8 Å². The van der Waals surface area contributed by atoms with Gasteiger partial charge in [0.15, 0.2) is 0 Å². The molecule has 6 nitrogen and oxygen atoms in total. The average molecular weight is 429 g/mol. The lowest BCUT2D eigenvalue weighted by molar-refractivity contribution is -0.132. The predicted molar refractivity (Wildman–Crippen MR) is 122 cm³/mol. The number of aryl methyl sites for hydroxylation is 2. The first-order valence-electron chi connectivity index (χ1n) is 10.1. The lowest BCUT2D eigenvalue weighted by atomic mass is 9.94. The largest absolute Gasteiger partial charge is 0.508 e. The fourth-order valence-corrected chi connectivity index (χ4v) is 4.03. The van der Waals surface area contributed by atoms with E-state index in [9.17, 15) is 19.8 Å². The highest BCUT2D eigenvalue weighted by Crippen LogP contribution is 2.43. The number of amides is 1. The monoisotopic (exact) mass is 429 g/mol. The number of anilines is 1. The summed E-state index contributed by atoms with van der Waals surface area (Å²) in [6, 6.07) is 17.6. The van der Waals surface area contributed by atoms with Crippen molar-refractivity contribution < 1.29 is 24.5 Å². The summed E-state index contributed by atoms with van der Waals surface area (Å²) in [5, 5.41) is 20.9. The number of benzene rings is 3. The van der Waals surface area contributed by atoms with Gasteiger partial charge in [0, 0.05) is 11.3 Å². The van der Waals surface area contributed by atoms with Crippen LogP contribution in [-0.4, -0.2) is 29.0 Å².